The van der Waals surface area contributed by atoms with Crippen molar-refractivity contribution in [3.8, 4) is 0 Å². The molecule has 0 spiro atoms. The summed E-state index contributed by atoms with van der Waals surface area (Å²) in [5, 5.41) is 2.05. The zero-order chi connectivity index (χ0) is 13.2. The average molecular weight is 273 g/mol. The zero-order valence-electron chi connectivity index (χ0n) is 10.5. The van der Waals surface area contributed by atoms with Crippen LogP contribution in [0, 0.1) is 0 Å². The smallest absolute Gasteiger partial charge is 0.272 e. The van der Waals surface area contributed by atoms with Crippen molar-refractivity contribution in [1.82, 2.24) is 9.88 Å². The number of anilines is 1. The number of hydrogen-bond donors (Lipinski definition) is 1. The Morgan fingerprint density at radius 3 is 3.00 bits per heavy atom. The summed E-state index contributed by atoms with van der Waals surface area (Å²) in [6, 6.07) is 7.74. The van der Waals surface area contributed by atoms with E-state index < -0.39 is 0 Å². The van der Waals surface area contributed by atoms with Crippen LogP contribution in [0.4, 0.5) is 5.69 Å². The fourth-order valence-corrected chi connectivity index (χ4v) is 3.34. The highest BCUT2D eigenvalue weighted by Crippen LogP contribution is 2.35. The number of hydrogen-bond acceptors (Lipinski definition) is 4. The molecule has 0 bridgehead atoms. The molecule has 1 aliphatic heterocycles. The number of nitrogens with zero attached hydrogens (tertiary/aromatic N) is 2. The molecule has 2 N–H and O–H groups in total. The Labute approximate surface area is 115 Å². The Morgan fingerprint density at radius 1 is 1.42 bits per heavy atom. The molecule has 1 fully saturated rings. The zero-order valence-corrected chi connectivity index (χ0v) is 11.3. The molecule has 98 valence electrons. The number of nitrogens with two attached hydrogens (primary N) is 1. The highest BCUT2D eigenvalue weighted by atomic mass is 32.1. The molecule has 19 heavy (non-hydrogen) atoms. The minimum absolute atomic E-state index is 0.00380. The van der Waals surface area contributed by atoms with E-state index in [1.165, 1.54) is 11.1 Å². The van der Waals surface area contributed by atoms with Gasteiger partial charge in [-0.05, 0) is 36.4 Å². The van der Waals surface area contributed by atoms with Crippen LogP contribution in [-0.2, 0) is 0 Å². The highest BCUT2D eigenvalue weighted by molar-refractivity contribution is 7.10. The maximum atomic E-state index is 12.5. The van der Waals surface area contributed by atoms with Gasteiger partial charge in [0.15, 0.2) is 0 Å². The van der Waals surface area contributed by atoms with Crippen LogP contribution in [0.2, 0.25) is 0 Å². The molecule has 5 heteroatoms. The summed E-state index contributed by atoms with van der Waals surface area (Å²) in [6.07, 6.45) is 3.61. The van der Waals surface area contributed by atoms with Crippen LogP contribution in [0.5, 0.6) is 0 Å². The Balaban J connectivity index is 1.84. The average Bonchev–Trinajstić information content (AvgIpc) is 3.09. The van der Waals surface area contributed by atoms with Gasteiger partial charge in [-0.2, -0.15) is 0 Å². The van der Waals surface area contributed by atoms with Gasteiger partial charge in [0, 0.05) is 11.4 Å². The molecule has 0 radical (unpaired) electrons. The summed E-state index contributed by atoms with van der Waals surface area (Å²) in [7, 11) is 0. The van der Waals surface area contributed by atoms with Gasteiger partial charge in [-0.15, -0.1) is 11.3 Å². The fraction of sp³-hybridized carbons (Fsp3) is 0.286. The predicted octanol–water partition coefficient (Wildman–Crippen LogP) is 2.70. The van der Waals surface area contributed by atoms with Crippen molar-refractivity contribution in [1.29, 1.82) is 0 Å². The van der Waals surface area contributed by atoms with Gasteiger partial charge >= 0.3 is 0 Å². The largest absolute Gasteiger partial charge is 0.397 e. The van der Waals surface area contributed by atoms with Crippen LogP contribution in [-0.4, -0.2) is 22.3 Å². The molecule has 2 aromatic heterocycles. The minimum atomic E-state index is -0.00380. The lowest BCUT2D eigenvalue weighted by molar-refractivity contribution is 0.0732. The quantitative estimate of drug-likeness (QED) is 0.915. The molecule has 0 aliphatic carbocycles. The first kappa shape index (κ1) is 12.2. The topological polar surface area (TPSA) is 59.2 Å². The highest BCUT2D eigenvalue weighted by Gasteiger charge is 2.31. The molecule has 3 heterocycles. The van der Waals surface area contributed by atoms with E-state index in [1.807, 2.05) is 11.0 Å². The van der Waals surface area contributed by atoms with E-state index in [0.29, 0.717) is 11.4 Å². The molecule has 2 aromatic rings. The van der Waals surface area contributed by atoms with Gasteiger partial charge in [0.1, 0.15) is 5.69 Å². The SMILES string of the molecule is Nc1ccc(C(=O)N2CCCC2c2cccs2)nc1. The van der Waals surface area contributed by atoms with Gasteiger partial charge in [-0.25, -0.2) is 4.98 Å². The van der Waals surface area contributed by atoms with E-state index in [1.54, 1.807) is 23.5 Å². The molecule has 4 nitrogen and oxygen atoms in total. The third-order valence-electron chi connectivity index (χ3n) is 3.39. The maximum Gasteiger partial charge on any atom is 0.272 e. The minimum Gasteiger partial charge on any atom is -0.397 e. The second kappa shape index (κ2) is 5.01. The van der Waals surface area contributed by atoms with E-state index in [9.17, 15) is 4.79 Å². The van der Waals surface area contributed by atoms with Gasteiger partial charge in [0.25, 0.3) is 5.91 Å². The van der Waals surface area contributed by atoms with E-state index in [2.05, 4.69) is 16.4 Å². The number of aromatic nitrogens is 1. The van der Waals surface area contributed by atoms with E-state index in [-0.39, 0.29) is 11.9 Å². The third-order valence-corrected chi connectivity index (χ3v) is 4.36. The number of pyridine rings is 1. The molecule has 1 saturated heterocycles. The standard InChI is InChI=1S/C14H15N3OS/c15-10-5-6-11(16-9-10)14(18)17-7-1-3-12(17)13-4-2-8-19-13/h2,4-6,8-9,12H,1,3,7,15H2. The lowest BCUT2D eigenvalue weighted by Crippen LogP contribution is -2.30. The first-order valence-electron chi connectivity index (χ1n) is 6.31. The fourth-order valence-electron chi connectivity index (χ4n) is 2.47. The first-order chi connectivity index (χ1) is 9.25. The molecule has 3 rings (SSSR count). The van der Waals surface area contributed by atoms with Crippen molar-refractivity contribution in [3.05, 3.63) is 46.4 Å². The van der Waals surface area contributed by atoms with E-state index in [0.717, 1.165) is 19.4 Å². The monoisotopic (exact) mass is 273 g/mol. The summed E-state index contributed by atoms with van der Waals surface area (Å²) < 4.78 is 0. The van der Waals surface area contributed by atoms with Gasteiger partial charge in [-0.3, -0.25) is 4.79 Å². The van der Waals surface area contributed by atoms with E-state index in [4.69, 9.17) is 5.73 Å². The molecule has 1 amide bonds. The van der Waals surface area contributed by atoms with Crippen molar-refractivity contribution in [2.24, 2.45) is 0 Å². The van der Waals surface area contributed by atoms with Gasteiger partial charge in [0.2, 0.25) is 0 Å². The summed E-state index contributed by atoms with van der Waals surface area (Å²) in [4.78, 5) is 19.8. The summed E-state index contributed by atoms with van der Waals surface area (Å²) in [5.74, 6) is -0.00380. The summed E-state index contributed by atoms with van der Waals surface area (Å²) in [6.45, 7) is 0.799. The van der Waals surface area contributed by atoms with Crippen molar-refractivity contribution in [2.75, 3.05) is 12.3 Å². The Hall–Kier alpha value is -1.88. The van der Waals surface area contributed by atoms with Crippen LogP contribution in [0.25, 0.3) is 0 Å². The Kier molecular flexibility index (Phi) is 3.21. The van der Waals surface area contributed by atoms with Crippen molar-refractivity contribution in [3.63, 3.8) is 0 Å². The van der Waals surface area contributed by atoms with Gasteiger partial charge in [-0.1, -0.05) is 6.07 Å². The van der Waals surface area contributed by atoms with Crippen molar-refractivity contribution >= 4 is 22.9 Å². The lowest BCUT2D eigenvalue weighted by atomic mass is 10.2. The molecule has 1 atom stereocenters. The molecular weight excluding hydrogens is 258 g/mol. The third kappa shape index (κ3) is 2.33. The Bertz CT molecular complexity index is 565. The second-order valence-corrected chi connectivity index (χ2v) is 5.63. The number of nitrogen functional groups attached to an aromatic ring is 1. The van der Waals surface area contributed by atoms with Crippen LogP contribution in [0.15, 0.2) is 35.8 Å². The molecule has 1 unspecified atom stereocenters. The van der Waals surface area contributed by atoms with E-state index >= 15 is 0 Å². The molecule has 0 aromatic carbocycles. The molecule has 0 saturated carbocycles. The number of carbonyl (C=O) groups is 1. The molecular formula is C14H15N3OS. The summed E-state index contributed by atoms with van der Waals surface area (Å²) >= 11 is 1.70. The van der Waals surface area contributed by atoms with Crippen LogP contribution >= 0.6 is 11.3 Å². The lowest BCUT2D eigenvalue weighted by Gasteiger charge is -2.23. The maximum absolute atomic E-state index is 12.5. The second-order valence-electron chi connectivity index (χ2n) is 4.65. The summed E-state index contributed by atoms with van der Waals surface area (Å²) in [5.41, 5.74) is 6.65. The number of rotatable bonds is 2. The van der Waals surface area contributed by atoms with Gasteiger partial charge < -0.3 is 10.6 Å². The van der Waals surface area contributed by atoms with Crippen LogP contribution in [0.3, 0.4) is 0 Å². The first-order valence-corrected chi connectivity index (χ1v) is 7.19. The predicted molar refractivity (Wildman–Crippen MR) is 76.0 cm³/mol. The molecule has 1 aliphatic rings. The normalized spacial score (nSPS) is 18.7. The number of amides is 1. The van der Waals surface area contributed by atoms with Crippen LogP contribution in [0.1, 0.15) is 34.2 Å². The number of thiophene rings is 1. The van der Waals surface area contributed by atoms with Gasteiger partial charge in [0.05, 0.1) is 17.9 Å². The van der Waals surface area contributed by atoms with Crippen molar-refractivity contribution in [2.45, 2.75) is 18.9 Å². The number of likely N-dealkylation sites (tertiary alicyclic amines) is 1. The number of carbonyl (C=O) groups excluding carboxylic acids is 1. The van der Waals surface area contributed by atoms with Crippen molar-refractivity contribution < 1.29 is 4.79 Å². The Morgan fingerprint density at radius 2 is 2.32 bits per heavy atom. The van der Waals surface area contributed by atoms with Crippen LogP contribution < -0.4 is 5.73 Å².